The molecule has 0 aliphatic carbocycles. The van der Waals surface area contributed by atoms with Crippen molar-refractivity contribution >= 4 is 17.9 Å². The third kappa shape index (κ3) is 54.2. The molecule has 0 aromatic heterocycles. The van der Waals surface area contributed by atoms with Crippen molar-refractivity contribution in [2.75, 3.05) is 13.2 Å². The molecular weight excluding hydrogens is 829 g/mol. The van der Waals surface area contributed by atoms with Crippen molar-refractivity contribution < 1.29 is 28.6 Å². The lowest BCUT2D eigenvalue weighted by Crippen LogP contribution is -2.30. The molecule has 0 N–H and O–H groups in total. The molecule has 0 radical (unpaired) electrons. The Morgan fingerprint density at radius 2 is 0.537 bits per heavy atom. The van der Waals surface area contributed by atoms with Crippen LogP contribution in [-0.4, -0.2) is 37.2 Å². The Morgan fingerprint density at radius 1 is 0.299 bits per heavy atom. The van der Waals surface area contributed by atoms with Crippen molar-refractivity contribution in [1.29, 1.82) is 0 Å². The molecule has 390 valence electrons. The van der Waals surface area contributed by atoms with Crippen LogP contribution in [0.5, 0.6) is 0 Å². The molecule has 0 fully saturated rings. The zero-order valence-corrected chi connectivity index (χ0v) is 44.7. The molecular formula is C61H110O6. The van der Waals surface area contributed by atoms with E-state index >= 15 is 0 Å². The van der Waals surface area contributed by atoms with Gasteiger partial charge >= 0.3 is 17.9 Å². The van der Waals surface area contributed by atoms with Crippen LogP contribution in [0.4, 0.5) is 0 Å². The zero-order chi connectivity index (χ0) is 48.6. The molecule has 0 rings (SSSR count). The maximum Gasteiger partial charge on any atom is 0.306 e. The fourth-order valence-corrected chi connectivity index (χ4v) is 8.35. The van der Waals surface area contributed by atoms with Crippen molar-refractivity contribution in [3.05, 3.63) is 48.6 Å². The van der Waals surface area contributed by atoms with Crippen molar-refractivity contribution in [3.8, 4) is 0 Å². The van der Waals surface area contributed by atoms with E-state index in [1.54, 1.807) is 0 Å². The van der Waals surface area contributed by atoms with Gasteiger partial charge in [-0.25, -0.2) is 0 Å². The van der Waals surface area contributed by atoms with Gasteiger partial charge in [0.15, 0.2) is 6.10 Å². The molecule has 67 heavy (non-hydrogen) atoms. The molecule has 0 aliphatic rings. The Kier molecular flexibility index (Phi) is 53.8. The molecule has 0 saturated heterocycles. The number of carbonyl (C=O) groups is 3. The zero-order valence-electron chi connectivity index (χ0n) is 44.7. The maximum absolute atomic E-state index is 12.9. The summed E-state index contributed by atoms with van der Waals surface area (Å²) >= 11 is 0. The summed E-state index contributed by atoms with van der Waals surface area (Å²) in [6.07, 6.45) is 68.1. The molecule has 0 aromatic carbocycles. The largest absolute Gasteiger partial charge is 0.462 e. The highest BCUT2D eigenvalue weighted by Crippen LogP contribution is 2.15. The first-order valence-corrected chi connectivity index (χ1v) is 29.1. The summed E-state index contributed by atoms with van der Waals surface area (Å²) in [5.41, 5.74) is 0. The fraction of sp³-hybridized carbons (Fsp3) is 0.820. The first-order chi connectivity index (χ1) is 33.0. The minimum Gasteiger partial charge on any atom is -0.462 e. The van der Waals surface area contributed by atoms with Gasteiger partial charge in [0.25, 0.3) is 0 Å². The van der Waals surface area contributed by atoms with Crippen LogP contribution >= 0.6 is 0 Å². The predicted octanol–water partition coefficient (Wildman–Crippen LogP) is 19.4. The number of carbonyl (C=O) groups excluding carboxylic acids is 3. The highest BCUT2D eigenvalue weighted by atomic mass is 16.6. The summed E-state index contributed by atoms with van der Waals surface area (Å²) in [5, 5.41) is 0. The number of hydrogen-bond acceptors (Lipinski definition) is 6. The molecule has 0 amide bonds. The van der Waals surface area contributed by atoms with Crippen LogP contribution in [0.15, 0.2) is 48.6 Å². The summed E-state index contributed by atoms with van der Waals surface area (Å²) in [4.78, 5) is 38.2. The highest BCUT2D eigenvalue weighted by molar-refractivity contribution is 5.71. The van der Waals surface area contributed by atoms with Gasteiger partial charge in [-0.1, -0.05) is 230 Å². The number of hydrogen-bond donors (Lipinski definition) is 0. The van der Waals surface area contributed by atoms with Crippen molar-refractivity contribution in [2.24, 2.45) is 0 Å². The van der Waals surface area contributed by atoms with Gasteiger partial charge in [-0.2, -0.15) is 0 Å². The Balaban J connectivity index is 4.39. The number of allylic oxidation sites excluding steroid dienone is 8. The average Bonchev–Trinajstić information content (AvgIpc) is 3.33. The Hall–Kier alpha value is -2.63. The predicted molar refractivity (Wildman–Crippen MR) is 289 cm³/mol. The van der Waals surface area contributed by atoms with Crippen LogP contribution in [0.1, 0.15) is 303 Å². The van der Waals surface area contributed by atoms with E-state index in [1.807, 2.05) is 0 Å². The number of esters is 3. The van der Waals surface area contributed by atoms with E-state index in [-0.39, 0.29) is 31.1 Å². The molecule has 0 heterocycles. The molecule has 0 spiro atoms. The van der Waals surface area contributed by atoms with Crippen LogP contribution in [0.25, 0.3) is 0 Å². The van der Waals surface area contributed by atoms with Gasteiger partial charge in [0, 0.05) is 19.3 Å². The van der Waals surface area contributed by atoms with Gasteiger partial charge in [0.2, 0.25) is 0 Å². The van der Waals surface area contributed by atoms with Crippen molar-refractivity contribution in [2.45, 2.75) is 309 Å². The third-order valence-electron chi connectivity index (χ3n) is 12.8. The standard InChI is InChI=1S/C61H110O6/c1-4-7-10-13-16-19-22-25-28-30-33-36-39-42-45-48-51-54-60(63)66-57-58(56-65-59(62)53-50-47-44-41-38-35-32-27-24-21-18-15-12-9-6-3)67-61(64)55-52-49-46-43-40-37-34-31-29-26-23-20-17-14-11-8-5-2/h18,21,25-29,32,58H,4-17,19-20,22-24,30-31,33-57H2,1-3H3/t58-/m1/s1. The third-order valence-corrected chi connectivity index (χ3v) is 12.8. The smallest absolute Gasteiger partial charge is 0.306 e. The van der Waals surface area contributed by atoms with Crippen LogP contribution in [-0.2, 0) is 28.6 Å². The van der Waals surface area contributed by atoms with E-state index in [9.17, 15) is 14.4 Å². The number of rotatable bonds is 53. The second-order valence-corrected chi connectivity index (χ2v) is 19.5. The number of ether oxygens (including phenoxy) is 3. The lowest BCUT2D eigenvalue weighted by Gasteiger charge is -2.18. The average molecular weight is 940 g/mol. The summed E-state index contributed by atoms with van der Waals surface area (Å²) in [6, 6.07) is 0. The van der Waals surface area contributed by atoms with Gasteiger partial charge in [0.1, 0.15) is 13.2 Å². The van der Waals surface area contributed by atoms with Crippen molar-refractivity contribution in [3.63, 3.8) is 0 Å². The number of unbranched alkanes of at least 4 members (excludes halogenated alkanes) is 34. The minimum absolute atomic E-state index is 0.0802. The molecule has 1 atom stereocenters. The molecule has 6 heteroatoms. The second kappa shape index (κ2) is 56.0. The maximum atomic E-state index is 12.9. The molecule has 0 aliphatic heterocycles. The Bertz CT molecular complexity index is 1170. The second-order valence-electron chi connectivity index (χ2n) is 19.5. The molecule has 0 saturated carbocycles. The van der Waals surface area contributed by atoms with E-state index in [4.69, 9.17) is 14.2 Å². The van der Waals surface area contributed by atoms with E-state index < -0.39 is 6.10 Å². The van der Waals surface area contributed by atoms with E-state index in [2.05, 4.69) is 69.4 Å². The van der Waals surface area contributed by atoms with Gasteiger partial charge in [0.05, 0.1) is 0 Å². The van der Waals surface area contributed by atoms with Gasteiger partial charge in [-0.3, -0.25) is 14.4 Å². The first-order valence-electron chi connectivity index (χ1n) is 29.1. The lowest BCUT2D eigenvalue weighted by molar-refractivity contribution is -0.167. The van der Waals surface area contributed by atoms with Crippen LogP contribution < -0.4 is 0 Å². The van der Waals surface area contributed by atoms with Crippen molar-refractivity contribution in [1.82, 2.24) is 0 Å². The van der Waals surface area contributed by atoms with Crippen LogP contribution in [0.2, 0.25) is 0 Å². The lowest BCUT2D eigenvalue weighted by atomic mass is 10.1. The van der Waals surface area contributed by atoms with E-state index in [0.29, 0.717) is 19.3 Å². The molecule has 6 nitrogen and oxygen atoms in total. The normalized spacial score (nSPS) is 12.3. The molecule has 0 unspecified atom stereocenters. The SMILES string of the molecule is CCCCCC=CCC=CCCCCCCCC(=O)OC[C@H](COC(=O)CCCCCCCCCC=CCCCCCCCC)OC(=O)CCCCCCCCCC=CCCCCCCCC. The summed E-state index contributed by atoms with van der Waals surface area (Å²) in [7, 11) is 0. The Labute approximate surface area is 416 Å². The summed E-state index contributed by atoms with van der Waals surface area (Å²) in [6.45, 7) is 6.62. The first kappa shape index (κ1) is 64.4. The fourth-order valence-electron chi connectivity index (χ4n) is 8.35. The van der Waals surface area contributed by atoms with E-state index in [0.717, 1.165) is 77.0 Å². The van der Waals surface area contributed by atoms with Gasteiger partial charge < -0.3 is 14.2 Å². The monoisotopic (exact) mass is 939 g/mol. The topological polar surface area (TPSA) is 78.9 Å². The summed E-state index contributed by atoms with van der Waals surface area (Å²) in [5.74, 6) is -0.889. The minimum atomic E-state index is -0.782. The van der Waals surface area contributed by atoms with Crippen LogP contribution in [0, 0.1) is 0 Å². The summed E-state index contributed by atoms with van der Waals surface area (Å²) < 4.78 is 16.9. The quantitative estimate of drug-likeness (QED) is 0.0262. The van der Waals surface area contributed by atoms with Gasteiger partial charge in [-0.05, 0) is 103 Å². The van der Waals surface area contributed by atoms with Crippen LogP contribution in [0.3, 0.4) is 0 Å². The molecule has 0 bridgehead atoms. The van der Waals surface area contributed by atoms with Gasteiger partial charge in [-0.15, -0.1) is 0 Å². The van der Waals surface area contributed by atoms with E-state index in [1.165, 1.54) is 186 Å². The highest BCUT2D eigenvalue weighted by Gasteiger charge is 2.19. The Morgan fingerprint density at radius 3 is 0.866 bits per heavy atom. The molecule has 0 aromatic rings.